The summed E-state index contributed by atoms with van der Waals surface area (Å²) in [5, 5.41) is 7.87. The van der Waals surface area contributed by atoms with Crippen LogP contribution in [0.25, 0.3) is 11.1 Å². The molecule has 2 atom stereocenters. The Morgan fingerprint density at radius 1 is 1.10 bits per heavy atom. The number of amides is 1. The molecule has 1 N–H and O–H groups in total. The average molecular weight is 521 g/mol. The van der Waals surface area contributed by atoms with Gasteiger partial charge in [-0.1, -0.05) is 36.4 Å². The average Bonchev–Trinajstić information content (AvgIpc) is 3.60. The number of carbonyl (C=O) groups excluding carboxylic acids is 1. The van der Waals surface area contributed by atoms with E-state index in [1.54, 1.807) is 0 Å². The molecule has 2 heterocycles. The van der Waals surface area contributed by atoms with Crippen LogP contribution in [0.1, 0.15) is 47.4 Å². The lowest BCUT2D eigenvalue weighted by Gasteiger charge is -2.30. The summed E-state index contributed by atoms with van der Waals surface area (Å²) in [6.07, 6.45) is 6.42. The van der Waals surface area contributed by atoms with Crippen LogP contribution in [0.2, 0.25) is 0 Å². The first-order chi connectivity index (χ1) is 19.0. The monoisotopic (exact) mass is 520 g/mol. The van der Waals surface area contributed by atoms with Crippen LogP contribution in [0, 0.1) is 19.8 Å². The van der Waals surface area contributed by atoms with E-state index in [2.05, 4.69) is 79.0 Å². The third-order valence-corrected chi connectivity index (χ3v) is 8.24. The summed E-state index contributed by atoms with van der Waals surface area (Å²) in [4.78, 5) is 15.4. The highest BCUT2D eigenvalue weighted by atomic mass is 16.5. The molecule has 1 aromatic heterocycles. The number of benzene rings is 3. The number of nitrogens with zero attached hydrogens (tertiary/aromatic N) is 3. The minimum absolute atomic E-state index is 0.184. The highest BCUT2D eigenvalue weighted by Crippen LogP contribution is 2.57. The highest BCUT2D eigenvalue weighted by molar-refractivity contribution is 5.96. The van der Waals surface area contributed by atoms with Crippen molar-refractivity contribution >= 4 is 17.3 Å². The summed E-state index contributed by atoms with van der Waals surface area (Å²) >= 11 is 0. The fourth-order valence-electron chi connectivity index (χ4n) is 5.82. The van der Waals surface area contributed by atoms with Gasteiger partial charge in [0.05, 0.1) is 19.3 Å². The molecule has 1 fully saturated rings. The summed E-state index contributed by atoms with van der Waals surface area (Å²) in [5.74, 6) is 2.17. The maximum absolute atomic E-state index is 13.4. The maximum atomic E-state index is 13.4. The van der Waals surface area contributed by atoms with E-state index in [1.165, 1.54) is 22.3 Å². The van der Waals surface area contributed by atoms with Crippen molar-refractivity contribution in [2.45, 2.75) is 45.6 Å². The van der Waals surface area contributed by atoms with Crippen molar-refractivity contribution in [1.82, 2.24) is 9.78 Å². The first kappa shape index (κ1) is 25.2. The summed E-state index contributed by atoms with van der Waals surface area (Å²) in [5.41, 5.74) is 9.37. The van der Waals surface area contributed by atoms with Gasteiger partial charge in [0.1, 0.15) is 5.75 Å². The van der Waals surface area contributed by atoms with Gasteiger partial charge in [-0.2, -0.15) is 5.10 Å². The highest BCUT2D eigenvalue weighted by Gasteiger charge is 2.47. The van der Waals surface area contributed by atoms with Crippen molar-refractivity contribution in [3.05, 3.63) is 95.3 Å². The molecule has 0 saturated heterocycles. The van der Waals surface area contributed by atoms with Gasteiger partial charge in [0.15, 0.2) is 0 Å². The van der Waals surface area contributed by atoms with E-state index in [0.29, 0.717) is 37.8 Å². The molecular formula is C33H36N4O2. The summed E-state index contributed by atoms with van der Waals surface area (Å²) in [6.45, 7) is 6.24. The normalized spacial score (nSPS) is 17.4. The molecule has 39 heavy (non-hydrogen) atoms. The van der Waals surface area contributed by atoms with Crippen molar-refractivity contribution in [3.8, 4) is 16.9 Å². The minimum Gasteiger partial charge on any atom is -0.493 e. The van der Waals surface area contributed by atoms with Gasteiger partial charge in [0, 0.05) is 43.1 Å². The number of nitrogens with one attached hydrogen (secondary N) is 1. The van der Waals surface area contributed by atoms with E-state index in [1.807, 2.05) is 35.0 Å². The number of hydrogen-bond acceptors (Lipinski definition) is 4. The number of anilines is 2. The Balaban J connectivity index is 1.16. The molecule has 2 aliphatic rings. The van der Waals surface area contributed by atoms with E-state index in [0.717, 1.165) is 41.2 Å². The number of fused-ring (bicyclic) bond motifs is 3. The van der Waals surface area contributed by atoms with E-state index < -0.39 is 0 Å². The van der Waals surface area contributed by atoms with Crippen molar-refractivity contribution in [2.24, 2.45) is 5.92 Å². The zero-order chi connectivity index (χ0) is 26.9. The summed E-state index contributed by atoms with van der Waals surface area (Å²) < 4.78 is 8.00. The summed E-state index contributed by atoms with van der Waals surface area (Å²) in [6, 6.07) is 20.9. The first-order valence-electron chi connectivity index (χ1n) is 13.9. The van der Waals surface area contributed by atoms with Gasteiger partial charge in [0.25, 0.3) is 0 Å². The molecule has 0 spiro atoms. The lowest BCUT2D eigenvalue weighted by Crippen LogP contribution is -2.36. The standard InChI is InChI=1S/C33H36N4O2/c1-22-8-4-13-31(23(22)2)39-15-7-14-32(38)37-21-25-17-29(25)33-28(11-6-12-30(33)37)26-18-35-36(20-26)19-24-9-5-10-27(16-24)34-3/h4-6,8-13,16,18,20,25,29,34H,7,14-15,17,19,21H2,1-3H3. The topological polar surface area (TPSA) is 59.4 Å². The van der Waals surface area contributed by atoms with Crippen LogP contribution in [-0.4, -0.2) is 35.9 Å². The Hall–Kier alpha value is -4.06. The molecular weight excluding hydrogens is 484 g/mol. The Kier molecular flexibility index (Phi) is 6.86. The largest absolute Gasteiger partial charge is 0.493 e. The molecule has 1 amide bonds. The molecule has 1 aliphatic carbocycles. The predicted octanol–water partition coefficient (Wildman–Crippen LogP) is 6.57. The number of aromatic nitrogens is 2. The Bertz CT molecular complexity index is 1510. The predicted molar refractivity (Wildman–Crippen MR) is 157 cm³/mol. The third-order valence-electron chi connectivity index (χ3n) is 8.24. The lowest BCUT2D eigenvalue weighted by molar-refractivity contribution is -0.118. The fourth-order valence-corrected chi connectivity index (χ4v) is 5.82. The van der Waals surface area contributed by atoms with Crippen LogP contribution in [0.5, 0.6) is 5.75 Å². The molecule has 6 nitrogen and oxygen atoms in total. The van der Waals surface area contributed by atoms with Gasteiger partial charge < -0.3 is 15.0 Å². The van der Waals surface area contributed by atoms with E-state index >= 15 is 0 Å². The molecule has 4 aromatic rings. The zero-order valence-corrected chi connectivity index (χ0v) is 23.0. The zero-order valence-electron chi connectivity index (χ0n) is 23.0. The van der Waals surface area contributed by atoms with Crippen molar-refractivity contribution < 1.29 is 9.53 Å². The first-order valence-corrected chi connectivity index (χ1v) is 13.9. The van der Waals surface area contributed by atoms with Gasteiger partial charge in [0.2, 0.25) is 5.91 Å². The van der Waals surface area contributed by atoms with Gasteiger partial charge in [-0.15, -0.1) is 0 Å². The smallest absolute Gasteiger partial charge is 0.227 e. The molecule has 1 saturated carbocycles. The third kappa shape index (κ3) is 5.16. The SMILES string of the molecule is CNc1cccc(Cn2cc(-c3cccc4c3C3CC3CN4C(=O)CCCOc3cccc(C)c3C)cn2)c1. The fraction of sp³-hybridized carbons (Fsp3) is 0.333. The Morgan fingerprint density at radius 2 is 1.95 bits per heavy atom. The van der Waals surface area contributed by atoms with Crippen LogP contribution >= 0.6 is 0 Å². The molecule has 0 bridgehead atoms. The second-order valence-electron chi connectivity index (χ2n) is 10.9. The van der Waals surface area contributed by atoms with Gasteiger partial charge in [-0.05, 0) is 90.6 Å². The van der Waals surface area contributed by atoms with E-state index in [9.17, 15) is 4.79 Å². The maximum Gasteiger partial charge on any atom is 0.227 e. The molecule has 200 valence electrons. The van der Waals surface area contributed by atoms with E-state index in [-0.39, 0.29) is 5.91 Å². The number of rotatable bonds is 9. The van der Waals surface area contributed by atoms with Crippen LogP contribution < -0.4 is 15.0 Å². The molecule has 6 heteroatoms. The summed E-state index contributed by atoms with van der Waals surface area (Å²) in [7, 11) is 1.93. The molecule has 3 aromatic carbocycles. The van der Waals surface area contributed by atoms with Crippen LogP contribution in [-0.2, 0) is 11.3 Å². The van der Waals surface area contributed by atoms with Crippen molar-refractivity contribution in [3.63, 3.8) is 0 Å². The van der Waals surface area contributed by atoms with Gasteiger partial charge >= 0.3 is 0 Å². The number of hydrogen-bond donors (Lipinski definition) is 1. The second-order valence-corrected chi connectivity index (χ2v) is 10.9. The van der Waals surface area contributed by atoms with Gasteiger partial charge in [-0.25, -0.2) is 0 Å². The number of carbonyl (C=O) groups is 1. The minimum atomic E-state index is 0.184. The Labute approximate surface area is 230 Å². The van der Waals surface area contributed by atoms with Crippen LogP contribution in [0.4, 0.5) is 11.4 Å². The Morgan fingerprint density at radius 3 is 2.82 bits per heavy atom. The quantitative estimate of drug-likeness (QED) is 0.254. The molecule has 0 radical (unpaired) electrons. The molecule has 1 aliphatic heterocycles. The second kappa shape index (κ2) is 10.6. The molecule has 2 unspecified atom stereocenters. The van der Waals surface area contributed by atoms with E-state index in [4.69, 9.17) is 4.74 Å². The number of ether oxygens (including phenoxy) is 1. The van der Waals surface area contributed by atoms with Crippen molar-refractivity contribution in [2.75, 3.05) is 30.4 Å². The van der Waals surface area contributed by atoms with Gasteiger partial charge in [-0.3, -0.25) is 9.48 Å². The number of aryl methyl sites for hydroxylation is 1. The lowest BCUT2D eigenvalue weighted by atomic mass is 9.92. The van der Waals surface area contributed by atoms with Crippen LogP contribution in [0.3, 0.4) is 0 Å². The van der Waals surface area contributed by atoms with Crippen molar-refractivity contribution in [1.29, 1.82) is 0 Å². The van der Waals surface area contributed by atoms with Crippen LogP contribution in [0.15, 0.2) is 73.1 Å². The molecule has 6 rings (SSSR count).